The number of phenolic OH excluding ortho intramolecular Hbond substituents is 1. The van der Waals surface area contributed by atoms with Crippen LogP contribution >= 0.6 is 23.8 Å². The van der Waals surface area contributed by atoms with Crippen LogP contribution < -0.4 is 0 Å². The summed E-state index contributed by atoms with van der Waals surface area (Å²) in [6.07, 6.45) is 0. The molecule has 0 saturated carbocycles. The van der Waals surface area contributed by atoms with Crippen LogP contribution in [0.3, 0.4) is 0 Å². The number of rotatable bonds is 2. The molecule has 1 aromatic carbocycles. The molecule has 0 unspecified atom stereocenters. The van der Waals surface area contributed by atoms with Crippen molar-refractivity contribution in [2.45, 2.75) is 6.92 Å². The first-order valence-corrected chi connectivity index (χ1v) is 6.90. The molecule has 1 aliphatic rings. The third kappa shape index (κ3) is 2.94. The van der Waals surface area contributed by atoms with E-state index >= 15 is 0 Å². The predicted molar refractivity (Wildman–Crippen MR) is 78.5 cm³/mol. The summed E-state index contributed by atoms with van der Waals surface area (Å²) >= 11 is 11.4. The van der Waals surface area contributed by atoms with Crippen molar-refractivity contribution >= 4 is 28.8 Å². The molecule has 0 spiro atoms. The van der Waals surface area contributed by atoms with Crippen molar-refractivity contribution in [3.05, 3.63) is 28.8 Å². The SMILES string of the molecule is CCN1CCN(C(=S)c2ccc(O)c(Cl)c2)CC1. The normalized spacial score (nSPS) is 16.9. The number of benzene rings is 1. The van der Waals surface area contributed by atoms with Crippen LogP contribution in [0.25, 0.3) is 0 Å². The summed E-state index contributed by atoms with van der Waals surface area (Å²) in [7, 11) is 0. The number of aromatic hydroxyl groups is 1. The van der Waals surface area contributed by atoms with E-state index in [9.17, 15) is 5.11 Å². The van der Waals surface area contributed by atoms with Gasteiger partial charge in [-0.2, -0.15) is 0 Å². The maximum absolute atomic E-state index is 9.41. The van der Waals surface area contributed by atoms with Crippen molar-refractivity contribution in [2.75, 3.05) is 32.7 Å². The molecule has 0 aromatic heterocycles. The molecule has 1 aliphatic heterocycles. The van der Waals surface area contributed by atoms with Gasteiger partial charge in [0, 0.05) is 31.7 Å². The van der Waals surface area contributed by atoms with Crippen LogP contribution in [0.4, 0.5) is 0 Å². The molecule has 1 saturated heterocycles. The van der Waals surface area contributed by atoms with E-state index in [0.29, 0.717) is 5.02 Å². The molecule has 1 aromatic rings. The highest BCUT2D eigenvalue weighted by molar-refractivity contribution is 7.80. The molecule has 0 radical (unpaired) electrons. The first-order chi connectivity index (χ1) is 8.61. The van der Waals surface area contributed by atoms with E-state index in [4.69, 9.17) is 23.8 Å². The van der Waals surface area contributed by atoms with E-state index in [2.05, 4.69) is 16.7 Å². The van der Waals surface area contributed by atoms with E-state index in [-0.39, 0.29) is 5.75 Å². The Balaban J connectivity index is 2.05. The fourth-order valence-corrected chi connectivity index (χ4v) is 2.58. The van der Waals surface area contributed by atoms with Crippen LogP contribution in [0.1, 0.15) is 12.5 Å². The summed E-state index contributed by atoms with van der Waals surface area (Å²) < 4.78 is 0. The van der Waals surface area contributed by atoms with Crippen molar-refractivity contribution in [1.82, 2.24) is 9.80 Å². The molecule has 0 atom stereocenters. The average Bonchev–Trinajstić information content (AvgIpc) is 2.41. The number of hydrogen-bond acceptors (Lipinski definition) is 3. The Hall–Kier alpha value is -0.840. The zero-order valence-corrected chi connectivity index (χ0v) is 12.0. The predicted octanol–water partition coefficient (Wildman–Crippen LogP) is 2.36. The van der Waals surface area contributed by atoms with Gasteiger partial charge in [-0.25, -0.2) is 0 Å². The first-order valence-electron chi connectivity index (χ1n) is 6.12. The van der Waals surface area contributed by atoms with Crippen LogP contribution in [0.5, 0.6) is 5.75 Å². The van der Waals surface area contributed by atoms with Gasteiger partial charge in [-0.3, -0.25) is 0 Å². The minimum atomic E-state index is 0.0963. The minimum Gasteiger partial charge on any atom is -0.506 e. The van der Waals surface area contributed by atoms with Crippen molar-refractivity contribution in [3.8, 4) is 5.75 Å². The van der Waals surface area contributed by atoms with Gasteiger partial charge in [-0.1, -0.05) is 30.7 Å². The molecule has 1 N–H and O–H groups in total. The quantitative estimate of drug-likeness (QED) is 0.844. The number of halogens is 1. The number of hydrogen-bond donors (Lipinski definition) is 1. The Morgan fingerprint density at radius 1 is 1.33 bits per heavy atom. The van der Waals surface area contributed by atoms with Gasteiger partial charge in [0.15, 0.2) is 0 Å². The maximum Gasteiger partial charge on any atom is 0.134 e. The summed E-state index contributed by atoms with van der Waals surface area (Å²) in [4.78, 5) is 5.42. The van der Waals surface area contributed by atoms with Crippen LogP contribution in [0.2, 0.25) is 5.02 Å². The molecule has 0 amide bonds. The molecular weight excluding hydrogens is 268 g/mol. The van der Waals surface area contributed by atoms with E-state index in [1.54, 1.807) is 12.1 Å². The highest BCUT2D eigenvalue weighted by Crippen LogP contribution is 2.24. The number of likely N-dealkylation sites (N-methyl/N-ethyl adjacent to an activating group) is 1. The van der Waals surface area contributed by atoms with Gasteiger partial charge in [0.05, 0.1) is 5.02 Å². The van der Waals surface area contributed by atoms with Gasteiger partial charge in [0.25, 0.3) is 0 Å². The van der Waals surface area contributed by atoms with Crippen LogP contribution in [-0.2, 0) is 0 Å². The lowest BCUT2D eigenvalue weighted by molar-refractivity contribution is 0.192. The molecular formula is C13H17ClN2OS. The summed E-state index contributed by atoms with van der Waals surface area (Å²) in [5.41, 5.74) is 0.901. The molecule has 1 heterocycles. The Kier molecular flexibility index (Phi) is 4.43. The van der Waals surface area contributed by atoms with Gasteiger partial charge < -0.3 is 14.9 Å². The second-order valence-corrected chi connectivity index (χ2v) is 5.19. The van der Waals surface area contributed by atoms with Crippen molar-refractivity contribution in [3.63, 3.8) is 0 Å². The van der Waals surface area contributed by atoms with Crippen molar-refractivity contribution < 1.29 is 5.11 Å². The number of phenols is 1. The third-order valence-electron chi connectivity index (χ3n) is 3.30. The first kappa shape index (κ1) is 13.6. The zero-order valence-electron chi connectivity index (χ0n) is 10.4. The van der Waals surface area contributed by atoms with Gasteiger partial charge in [-0.05, 0) is 24.7 Å². The molecule has 98 valence electrons. The molecule has 3 nitrogen and oxygen atoms in total. The highest BCUT2D eigenvalue weighted by Gasteiger charge is 2.19. The highest BCUT2D eigenvalue weighted by atomic mass is 35.5. The van der Waals surface area contributed by atoms with Crippen LogP contribution in [0.15, 0.2) is 18.2 Å². The smallest absolute Gasteiger partial charge is 0.134 e. The largest absolute Gasteiger partial charge is 0.506 e. The molecule has 2 rings (SSSR count). The summed E-state index contributed by atoms with van der Waals surface area (Å²) in [6, 6.07) is 5.13. The molecule has 0 bridgehead atoms. The zero-order chi connectivity index (χ0) is 13.1. The van der Waals surface area contributed by atoms with Gasteiger partial charge >= 0.3 is 0 Å². The molecule has 1 fully saturated rings. The lowest BCUT2D eigenvalue weighted by Gasteiger charge is -2.35. The Bertz CT molecular complexity index is 445. The second-order valence-electron chi connectivity index (χ2n) is 4.39. The average molecular weight is 285 g/mol. The van der Waals surface area contributed by atoms with Crippen LogP contribution in [-0.4, -0.2) is 52.6 Å². The summed E-state index contributed by atoms with van der Waals surface area (Å²) in [5.74, 6) is 0.0963. The topological polar surface area (TPSA) is 26.7 Å². The number of thiocarbonyl (C=S) groups is 1. The van der Waals surface area contributed by atoms with Gasteiger partial charge in [0.1, 0.15) is 10.7 Å². The van der Waals surface area contributed by atoms with Gasteiger partial charge in [0.2, 0.25) is 0 Å². The molecule has 0 aliphatic carbocycles. The minimum absolute atomic E-state index is 0.0963. The Morgan fingerprint density at radius 3 is 2.56 bits per heavy atom. The summed E-state index contributed by atoms with van der Waals surface area (Å²) in [5, 5.41) is 9.76. The lowest BCUT2D eigenvalue weighted by atomic mass is 10.2. The van der Waals surface area contributed by atoms with E-state index in [1.807, 2.05) is 6.07 Å². The molecule has 5 heteroatoms. The van der Waals surface area contributed by atoms with Crippen molar-refractivity contribution in [2.24, 2.45) is 0 Å². The van der Waals surface area contributed by atoms with Crippen LogP contribution in [0, 0.1) is 0 Å². The van der Waals surface area contributed by atoms with E-state index < -0.39 is 0 Å². The fourth-order valence-electron chi connectivity index (χ4n) is 2.09. The van der Waals surface area contributed by atoms with Crippen molar-refractivity contribution in [1.29, 1.82) is 0 Å². The Labute approximate surface area is 118 Å². The Morgan fingerprint density at radius 2 is 2.00 bits per heavy atom. The standard InChI is InChI=1S/C13H17ClN2OS/c1-2-15-5-7-16(8-6-15)13(18)10-3-4-12(17)11(14)9-10/h3-4,9,17H,2,5-8H2,1H3. The van der Waals surface area contributed by atoms with E-state index in [0.717, 1.165) is 43.3 Å². The third-order valence-corrected chi connectivity index (χ3v) is 4.10. The molecule has 18 heavy (non-hydrogen) atoms. The second kappa shape index (κ2) is 5.87. The lowest BCUT2D eigenvalue weighted by Crippen LogP contribution is -2.48. The maximum atomic E-state index is 9.41. The summed E-state index contributed by atoms with van der Waals surface area (Å²) in [6.45, 7) is 7.25. The fraction of sp³-hybridized carbons (Fsp3) is 0.462. The number of piperazine rings is 1. The number of nitrogens with zero attached hydrogens (tertiary/aromatic N) is 2. The van der Waals surface area contributed by atoms with E-state index in [1.165, 1.54) is 0 Å². The van der Waals surface area contributed by atoms with Gasteiger partial charge in [-0.15, -0.1) is 0 Å². The monoisotopic (exact) mass is 284 g/mol.